The molecule has 1 amide bonds. The zero-order valence-corrected chi connectivity index (χ0v) is 13.9. The lowest BCUT2D eigenvalue weighted by molar-refractivity contribution is -0.133. The van der Waals surface area contributed by atoms with Gasteiger partial charge in [0.25, 0.3) is 5.91 Å². The summed E-state index contributed by atoms with van der Waals surface area (Å²) in [5, 5.41) is 0.997. The highest BCUT2D eigenvalue weighted by Gasteiger charge is 2.23. The van der Waals surface area contributed by atoms with E-state index in [-0.39, 0.29) is 12.5 Å². The van der Waals surface area contributed by atoms with Crippen LogP contribution in [0.5, 0.6) is 11.6 Å². The van der Waals surface area contributed by atoms with Crippen molar-refractivity contribution in [3.8, 4) is 11.6 Å². The number of nitrogens with zero attached hydrogens (tertiary/aromatic N) is 2. The Morgan fingerprint density at radius 3 is 2.80 bits per heavy atom. The van der Waals surface area contributed by atoms with Gasteiger partial charge in [0.15, 0.2) is 6.61 Å². The normalized spacial score (nSPS) is 14.0. The topological polar surface area (TPSA) is 51.7 Å². The number of pyridine rings is 1. The Balaban J connectivity index is 1.68. The molecule has 0 radical (unpaired) electrons. The Morgan fingerprint density at radius 1 is 1.16 bits per heavy atom. The molecule has 3 aromatic rings. The fourth-order valence-corrected chi connectivity index (χ4v) is 3.00. The highest BCUT2D eigenvalue weighted by molar-refractivity contribution is 5.83. The van der Waals surface area contributed by atoms with Gasteiger partial charge in [-0.05, 0) is 23.8 Å². The van der Waals surface area contributed by atoms with Crippen molar-refractivity contribution in [2.75, 3.05) is 13.7 Å². The van der Waals surface area contributed by atoms with Crippen LogP contribution < -0.4 is 9.47 Å². The van der Waals surface area contributed by atoms with Gasteiger partial charge in [-0.25, -0.2) is 4.98 Å². The Bertz CT molecular complexity index is 925. The average Bonchev–Trinajstić information content (AvgIpc) is 2.79. The van der Waals surface area contributed by atoms with E-state index in [9.17, 15) is 4.79 Å². The number of carbonyl (C=O) groups excluding carboxylic acids is 1. The molecule has 2 heterocycles. The SMILES string of the molecule is COc1ccc2cc3c(nc2c1)OCC(=O)N(Cc1ccccc1)C3. The molecule has 0 spiro atoms. The first-order valence-corrected chi connectivity index (χ1v) is 8.15. The van der Waals surface area contributed by atoms with Crippen LogP contribution in [0.2, 0.25) is 0 Å². The van der Waals surface area contributed by atoms with Crippen molar-refractivity contribution >= 4 is 16.8 Å². The summed E-state index contributed by atoms with van der Waals surface area (Å²) >= 11 is 0. The third-order valence-corrected chi connectivity index (χ3v) is 4.33. The first-order chi connectivity index (χ1) is 12.2. The standard InChI is InChI=1S/C20H18N2O3/c1-24-17-8-7-15-9-16-12-22(11-14-5-3-2-4-6-14)19(23)13-25-20(16)21-18(15)10-17/h2-10H,11-13H2,1H3. The molecule has 1 aromatic heterocycles. The van der Waals surface area contributed by atoms with Gasteiger partial charge in [-0.1, -0.05) is 30.3 Å². The highest BCUT2D eigenvalue weighted by Crippen LogP contribution is 2.28. The molecule has 0 saturated heterocycles. The fraction of sp³-hybridized carbons (Fsp3) is 0.200. The van der Waals surface area contributed by atoms with E-state index in [0.717, 1.165) is 27.8 Å². The molecular weight excluding hydrogens is 316 g/mol. The van der Waals surface area contributed by atoms with Gasteiger partial charge >= 0.3 is 0 Å². The molecule has 1 aliphatic heterocycles. The zero-order valence-electron chi connectivity index (χ0n) is 13.9. The first kappa shape index (κ1) is 15.4. The number of aromatic nitrogens is 1. The summed E-state index contributed by atoms with van der Waals surface area (Å²) in [7, 11) is 1.63. The lowest BCUT2D eigenvalue weighted by Gasteiger charge is -2.20. The number of hydrogen-bond acceptors (Lipinski definition) is 4. The van der Waals surface area contributed by atoms with Crippen molar-refractivity contribution < 1.29 is 14.3 Å². The van der Waals surface area contributed by atoms with Crippen molar-refractivity contribution in [2.24, 2.45) is 0 Å². The number of amides is 1. The minimum Gasteiger partial charge on any atom is -0.497 e. The van der Waals surface area contributed by atoms with E-state index in [2.05, 4.69) is 4.98 Å². The number of ether oxygens (including phenoxy) is 2. The molecule has 2 aromatic carbocycles. The molecule has 5 heteroatoms. The lowest BCUT2D eigenvalue weighted by atomic mass is 10.1. The van der Waals surface area contributed by atoms with E-state index in [4.69, 9.17) is 9.47 Å². The Hall–Kier alpha value is -3.08. The predicted molar refractivity (Wildman–Crippen MR) is 94.5 cm³/mol. The second-order valence-corrected chi connectivity index (χ2v) is 6.04. The van der Waals surface area contributed by atoms with Crippen LogP contribution in [0.15, 0.2) is 54.6 Å². The number of methoxy groups -OCH3 is 1. The first-order valence-electron chi connectivity index (χ1n) is 8.15. The average molecular weight is 334 g/mol. The van der Waals surface area contributed by atoms with Crippen LogP contribution in [0.1, 0.15) is 11.1 Å². The Morgan fingerprint density at radius 2 is 2.00 bits per heavy atom. The second-order valence-electron chi connectivity index (χ2n) is 6.04. The summed E-state index contributed by atoms with van der Waals surface area (Å²) in [6.07, 6.45) is 0. The third-order valence-electron chi connectivity index (χ3n) is 4.33. The van der Waals surface area contributed by atoms with Crippen molar-refractivity contribution in [1.82, 2.24) is 9.88 Å². The van der Waals surface area contributed by atoms with Crippen LogP contribution in [0, 0.1) is 0 Å². The van der Waals surface area contributed by atoms with Gasteiger partial charge < -0.3 is 14.4 Å². The number of fused-ring (bicyclic) bond motifs is 2. The van der Waals surface area contributed by atoms with Crippen molar-refractivity contribution in [1.29, 1.82) is 0 Å². The van der Waals surface area contributed by atoms with E-state index in [1.807, 2.05) is 54.6 Å². The minimum atomic E-state index is -0.0384. The van der Waals surface area contributed by atoms with Gasteiger partial charge in [0.2, 0.25) is 5.88 Å². The van der Waals surface area contributed by atoms with Gasteiger partial charge in [-0.15, -0.1) is 0 Å². The molecular formula is C20H18N2O3. The summed E-state index contributed by atoms with van der Waals surface area (Å²) in [4.78, 5) is 18.8. The third kappa shape index (κ3) is 3.13. The fourth-order valence-electron chi connectivity index (χ4n) is 3.00. The largest absolute Gasteiger partial charge is 0.497 e. The molecule has 0 saturated carbocycles. The molecule has 0 atom stereocenters. The molecule has 0 N–H and O–H groups in total. The maximum absolute atomic E-state index is 12.4. The van der Waals surface area contributed by atoms with E-state index >= 15 is 0 Å². The Labute approximate surface area is 145 Å². The number of carbonyl (C=O) groups is 1. The molecule has 0 fully saturated rings. The van der Waals surface area contributed by atoms with Crippen LogP contribution in [0.25, 0.3) is 10.9 Å². The molecule has 126 valence electrons. The highest BCUT2D eigenvalue weighted by atomic mass is 16.5. The molecule has 0 unspecified atom stereocenters. The van der Waals surface area contributed by atoms with E-state index in [1.54, 1.807) is 12.0 Å². The molecule has 0 aliphatic carbocycles. The van der Waals surface area contributed by atoms with Gasteiger partial charge in [-0.2, -0.15) is 0 Å². The van der Waals surface area contributed by atoms with Crippen molar-refractivity contribution in [3.63, 3.8) is 0 Å². The number of benzene rings is 2. The maximum atomic E-state index is 12.4. The lowest BCUT2D eigenvalue weighted by Crippen LogP contribution is -2.31. The summed E-state index contributed by atoms with van der Waals surface area (Å²) in [6.45, 7) is 1.05. The summed E-state index contributed by atoms with van der Waals surface area (Å²) in [5.41, 5.74) is 2.80. The van der Waals surface area contributed by atoms with Gasteiger partial charge in [-0.3, -0.25) is 4.79 Å². The predicted octanol–water partition coefficient (Wildman–Crippen LogP) is 3.16. The van der Waals surface area contributed by atoms with Crippen LogP contribution in [0.3, 0.4) is 0 Å². The molecule has 0 bridgehead atoms. The number of rotatable bonds is 3. The molecule has 4 rings (SSSR count). The Kier molecular flexibility index (Phi) is 3.98. The van der Waals surface area contributed by atoms with Gasteiger partial charge in [0, 0.05) is 23.6 Å². The van der Waals surface area contributed by atoms with Crippen LogP contribution in [-0.2, 0) is 17.9 Å². The van der Waals surface area contributed by atoms with Crippen molar-refractivity contribution in [2.45, 2.75) is 13.1 Å². The van der Waals surface area contributed by atoms with E-state index in [0.29, 0.717) is 19.0 Å². The monoisotopic (exact) mass is 334 g/mol. The summed E-state index contributed by atoms with van der Waals surface area (Å²) in [6, 6.07) is 17.7. The number of hydrogen-bond donors (Lipinski definition) is 0. The minimum absolute atomic E-state index is 0.00229. The van der Waals surface area contributed by atoms with E-state index in [1.165, 1.54) is 0 Å². The molecule has 1 aliphatic rings. The van der Waals surface area contributed by atoms with Crippen LogP contribution in [-0.4, -0.2) is 29.5 Å². The van der Waals surface area contributed by atoms with Crippen molar-refractivity contribution in [3.05, 3.63) is 65.7 Å². The van der Waals surface area contributed by atoms with Gasteiger partial charge in [0.05, 0.1) is 19.2 Å². The van der Waals surface area contributed by atoms with Gasteiger partial charge in [0.1, 0.15) is 5.75 Å². The zero-order chi connectivity index (χ0) is 17.2. The molecule has 25 heavy (non-hydrogen) atoms. The second kappa shape index (κ2) is 6.43. The quantitative estimate of drug-likeness (QED) is 0.738. The van der Waals surface area contributed by atoms with E-state index < -0.39 is 0 Å². The smallest absolute Gasteiger partial charge is 0.261 e. The van der Waals surface area contributed by atoms with Crippen LogP contribution >= 0.6 is 0 Å². The maximum Gasteiger partial charge on any atom is 0.261 e. The molecule has 5 nitrogen and oxygen atoms in total. The summed E-state index contributed by atoms with van der Waals surface area (Å²) in [5.74, 6) is 1.23. The summed E-state index contributed by atoms with van der Waals surface area (Å²) < 4.78 is 10.9. The van der Waals surface area contributed by atoms with Crippen LogP contribution in [0.4, 0.5) is 0 Å².